The topological polar surface area (TPSA) is 105 Å². The van der Waals surface area contributed by atoms with Crippen LogP contribution in [0.4, 0.5) is 10.9 Å². The van der Waals surface area contributed by atoms with Crippen LogP contribution in [0.5, 0.6) is 11.5 Å². The largest absolute Gasteiger partial charge is 0.476 e. The van der Waals surface area contributed by atoms with Crippen LogP contribution < -0.4 is 15.0 Å². The zero-order valence-electron chi connectivity index (χ0n) is 24.4. The number of nitrogens with one attached hydrogen (secondary N) is 1. The summed E-state index contributed by atoms with van der Waals surface area (Å²) in [6.45, 7) is 3.05. The van der Waals surface area contributed by atoms with Gasteiger partial charge in [-0.05, 0) is 84.1 Å². The van der Waals surface area contributed by atoms with Gasteiger partial charge >= 0.3 is 5.97 Å². The van der Waals surface area contributed by atoms with Gasteiger partial charge in [-0.25, -0.2) is 14.8 Å². The molecule has 3 heterocycles. The number of benzene rings is 4. The Balaban J connectivity index is 1.12. The van der Waals surface area contributed by atoms with Gasteiger partial charge in [0.15, 0.2) is 10.8 Å². The number of carbonyl (C=O) groups excluding carboxylic acids is 1. The van der Waals surface area contributed by atoms with Crippen LogP contribution in [0.15, 0.2) is 103 Å². The van der Waals surface area contributed by atoms with E-state index in [1.165, 1.54) is 11.3 Å². The molecule has 0 saturated carbocycles. The highest BCUT2D eigenvalue weighted by atomic mass is 32.1. The van der Waals surface area contributed by atoms with Crippen LogP contribution >= 0.6 is 11.3 Å². The van der Waals surface area contributed by atoms with Gasteiger partial charge in [0.25, 0.3) is 5.91 Å². The molecule has 1 aliphatic rings. The number of anilines is 2. The second-order valence-electron chi connectivity index (χ2n) is 10.8. The van der Waals surface area contributed by atoms with Crippen molar-refractivity contribution in [2.75, 3.05) is 16.8 Å². The van der Waals surface area contributed by atoms with Gasteiger partial charge in [0.05, 0.1) is 10.2 Å². The average Bonchev–Trinajstić information content (AvgIpc) is 3.47. The molecule has 0 atom stereocenters. The van der Waals surface area contributed by atoms with Crippen LogP contribution in [0.1, 0.15) is 37.5 Å². The molecule has 0 radical (unpaired) electrons. The van der Waals surface area contributed by atoms with E-state index >= 15 is 0 Å². The van der Waals surface area contributed by atoms with Gasteiger partial charge in [-0.1, -0.05) is 65.9 Å². The summed E-state index contributed by atoms with van der Waals surface area (Å²) in [7, 11) is 0. The van der Waals surface area contributed by atoms with Crippen molar-refractivity contribution < 1.29 is 19.4 Å². The van der Waals surface area contributed by atoms with Gasteiger partial charge in [-0.15, -0.1) is 0 Å². The lowest BCUT2D eigenvalue weighted by Crippen LogP contribution is -2.33. The predicted molar refractivity (Wildman–Crippen MR) is 177 cm³/mol. The van der Waals surface area contributed by atoms with Gasteiger partial charge in [-0.3, -0.25) is 10.1 Å². The molecule has 1 aliphatic heterocycles. The minimum atomic E-state index is -1.11. The number of aryl methyl sites for hydroxylation is 1. The quantitative estimate of drug-likeness (QED) is 0.188. The van der Waals surface area contributed by atoms with Crippen molar-refractivity contribution in [3.63, 3.8) is 0 Å². The van der Waals surface area contributed by atoms with Crippen LogP contribution in [0, 0.1) is 6.92 Å². The maximum absolute atomic E-state index is 13.4. The molecule has 0 fully saturated rings. The molecular weight excluding hydrogens is 584 g/mol. The van der Waals surface area contributed by atoms with E-state index in [2.05, 4.69) is 15.3 Å². The van der Waals surface area contributed by atoms with E-state index in [-0.39, 0.29) is 11.6 Å². The minimum Gasteiger partial charge on any atom is -0.476 e. The van der Waals surface area contributed by atoms with Crippen LogP contribution in [0.3, 0.4) is 0 Å². The van der Waals surface area contributed by atoms with Crippen molar-refractivity contribution in [2.24, 2.45) is 0 Å². The van der Waals surface area contributed by atoms with E-state index in [0.29, 0.717) is 47.3 Å². The fraction of sp³-hybridized carbons (Fsp3) is 0.111. The van der Waals surface area contributed by atoms with Gasteiger partial charge in [0.2, 0.25) is 0 Å². The Morgan fingerprint density at radius 2 is 1.69 bits per heavy atom. The standard InChI is InChI=1S/C36H28N4O4S/c1-22-7-2-4-11-30(22)44-25-15-13-24(14-16-25)26-17-18-32(38-33(26)35(42)43)40-20-19-23-8-6-9-27(28(23)21-40)34(41)39-36-37-29-10-3-5-12-31(29)45-36/h2-18H,19-21H2,1H3,(H,42,43)(H,37,39,41). The average molecular weight is 613 g/mol. The second kappa shape index (κ2) is 11.9. The maximum Gasteiger partial charge on any atom is 0.355 e. The Bertz CT molecular complexity index is 2040. The monoisotopic (exact) mass is 612 g/mol. The smallest absolute Gasteiger partial charge is 0.355 e. The molecule has 8 nitrogen and oxygen atoms in total. The number of pyridine rings is 1. The van der Waals surface area contributed by atoms with Gasteiger partial charge in [0, 0.05) is 24.2 Å². The molecule has 9 heteroatoms. The van der Waals surface area contributed by atoms with E-state index in [0.717, 1.165) is 38.2 Å². The molecule has 0 spiro atoms. The van der Waals surface area contributed by atoms with E-state index in [1.807, 2.05) is 109 Å². The molecule has 222 valence electrons. The molecule has 45 heavy (non-hydrogen) atoms. The molecule has 6 aromatic rings. The van der Waals surface area contributed by atoms with Crippen LogP contribution in [0.25, 0.3) is 21.3 Å². The van der Waals surface area contributed by atoms with Crippen molar-refractivity contribution in [3.8, 4) is 22.6 Å². The molecule has 0 bridgehead atoms. The highest BCUT2D eigenvalue weighted by Crippen LogP contribution is 2.33. The Hall–Kier alpha value is -5.54. The van der Waals surface area contributed by atoms with Crippen molar-refractivity contribution in [3.05, 3.63) is 131 Å². The second-order valence-corrected chi connectivity index (χ2v) is 11.8. The first kappa shape index (κ1) is 28.2. The normalized spacial score (nSPS) is 12.5. The first-order valence-electron chi connectivity index (χ1n) is 14.5. The highest BCUT2D eigenvalue weighted by molar-refractivity contribution is 7.22. The Labute approximate surface area is 263 Å². The SMILES string of the molecule is Cc1ccccc1Oc1ccc(-c2ccc(N3CCc4cccc(C(=O)Nc5nc6ccccc6s5)c4C3)nc2C(=O)O)cc1. The highest BCUT2D eigenvalue weighted by Gasteiger charge is 2.25. The third-order valence-corrected chi connectivity index (χ3v) is 8.88. The number of para-hydroxylation sites is 2. The number of carboxylic acids is 1. The lowest BCUT2D eigenvalue weighted by atomic mass is 9.94. The summed E-state index contributed by atoms with van der Waals surface area (Å²) >= 11 is 1.43. The number of carboxylic acid groups (broad SMARTS) is 1. The fourth-order valence-electron chi connectivity index (χ4n) is 5.60. The van der Waals surface area contributed by atoms with Gasteiger partial charge < -0.3 is 14.7 Å². The Morgan fingerprint density at radius 1 is 0.889 bits per heavy atom. The van der Waals surface area contributed by atoms with Crippen molar-refractivity contribution in [1.82, 2.24) is 9.97 Å². The summed E-state index contributed by atoms with van der Waals surface area (Å²) in [6.07, 6.45) is 0.700. The number of aromatic carboxylic acids is 1. The van der Waals surface area contributed by atoms with Crippen LogP contribution in [0.2, 0.25) is 0 Å². The maximum atomic E-state index is 13.4. The number of carbonyl (C=O) groups is 2. The summed E-state index contributed by atoms with van der Waals surface area (Å²) in [5.41, 5.74) is 5.63. The lowest BCUT2D eigenvalue weighted by Gasteiger charge is -2.31. The molecule has 0 aliphatic carbocycles. The van der Waals surface area contributed by atoms with Gasteiger partial charge in [0.1, 0.15) is 17.3 Å². The van der Waals surface area contributed by atoms with Crippen molar-refractivity contribution >= 4 is 44.4 Å². The van der Waals surface area contributed by atoms with Crippen molar-refractivity contribution in [1.29, 1.82) is 0 Å². The number of rotatable bonds is 7. The van der Waals surface area contributed by atoms with E-state index < -0.39 is 5.97 Å². The zero-order chi connectivity index (χ0) is 30.9. The molecule has 2 N–H and O–H groups in total. The summed E-state index contributed by atoms with van der Waals surface area (Å²) < 4.78 is 7.01. The number of hydrogen-bond acceptors (Lipinski definition) is 7. The first-order valence-corrected chi connectivity index (χ1v) is 15.4. The molecular formula is C36H28N4O4S. The first-order chi connectivity index (χ1) is 21.9. The molecule has 0 unspecified atom stereocenters. The number of fused-ring (bicyclic) bond motifs is 2. The number of amides is 1. The number of ether oxygens (including phenoxy) is 1. The van der Waals surface area contributed by atoms with Crippen molar-refractivity contribution in [2.45, 2.75) is 19.9 Å². The number of thiazole rings is 1. The predicted octanol–water partition coefficient (Wildman–Crippen LogP) is 7.97. The van der Waals surface area contributed by atoms with E-state index in [1.54, 1.807) is 6.07 Å². The number of nitrogens with zero attached hydrogens (tertiary/aromatic N) is 3. The minimum absolute atomic E-state index is 0.0345. The molecule has 4 aromatic carbocycles. The van der Waals surface area contributed by atoms with Crippen LogP contribution in [-0.2, 0) is 13.0 Å². The third-order valence-electron chi connectivity index (χ3n) is 7.93. The fourth-order valence-corrected chi connectivity index (χ4v) is 6.46. The summed E-state index contributed by atoms with van der Waals surface area (Å²) in [6, 6.07) is 32.2. The third kappa shape index (κ3) is 5.73. The zero-order valence-corrected chi connectivity index (χ0v) is 25.2. The summed E-state index contributed by atoms with van der Waals surface area (Å²) in [5, 5.41) is 13.6. The Kier molecular flexibility index (Phi) is 7.44. The van der Waals surface area contributed by atoms with E-state index in [9.17, 15) is 14.7 Å². The van der Waals surface area contributed by atoms with E-state index in [4.69, 9.17) is 4.74 Å². The number of aromatic nitrogens is 2. The Morgan fingerprint density at radius 3 is 2.49 bits per heavy atom. The summed E-state index contributed by atoms with van der Waals surface area (Å²) in [4.78, 5) is 37.0. The lowest BCUT2D eigenvalue weighted by molar-refractivity contribution is 0.0691. The van der Waals surface area contributed by atoms with Crippen LogP contribution in [-0.4, -0.2) is 33.5 Å². The molecule has 7 rings (SSSR count). The van der Waals surface area contributed by atoms with Gasteiger partial charge in [-0.2, -0.15) is 0 Å². The molecule has 1 amide bonds. The number of hydrogen-bond donors (Lipinski definition) is 2. The molecule has 2 aromatic heterocycles. The molecule has 0 saturated heterocycles. The summed E-state index contributed by atoms with van der Waals surface area (Å²) in [5.74, 6) is 0.632.